The lowest BCUT2D eigenvalue weighted by Gasteiger charge is -2.33. The summed E-state index contributed by atoms with van der Waals surface area (Å²) in [5.74, 6) is 0. The molecular formula is C16H25N5O2. The molecule has 7 nitrogen and oxygen atoms in total. The Morgan fingerprint density at radius 2 is 2.26 bits per heavy atom. The molecule has 1 atom stereocenters. The molecule has 0 aliphatic carbocycles. The van der Waals surface area contributed by atoms with Gasteiger partial charge in [-0.1, -0.05) is 0 Å². The van der Waals surface area contributed by atoms with Gasteiger partial charge in [0.2, 0.25) is 0 Å². The summed E-state index contributed by atoms with van der Waals surface area (Å²) < 4.78 is 7.97. The topological polar surface area (TPSA) is 66.1 Å². The molecule has 0 bridgehead atoms. The number of β-amino-alcohol motifs (C(OH)–C–C–N with tert-alkyl or cyclic N) is 1. The van der Waals surface area contributed by atoms with Crippen LogP contribution in [0.5, 0.6) is 0 Å². The maximum atomic E-state index is 9.21. The summed E-state index contributed by atoms with van der Waals surface area (Å²) in [6.07, 6.45) is 1.87. The highest BCUT2D eigenvalue weighted by Gasteiger charge is 2.27. The summed E-state index contributed by atoms with van der Waals surface area (Å²) >= 11 is 0. The quantitative estimate of drug-likeness (QED) is 0.864. The third-order valence-corrected chi connectivity index (χ3v) is 4.08. The van der Waals surface area contributed by atoms with Gasteiger partial charge < -0.3 is 14.7 Å². The van der Waals surface area contributed by atoms with E-state index >= 15 is 0 Å². The van der Waals surface area contributed by atoms with Crippen molar-refractivity contribution in [3.05, 3.63) is 29.2 Å². The molecule has 0 radical (unpaired) electrons. The first-order valence-electron chi connectivity index (χ1n) is 8.02. The third-order valence-electron chi connectivity index (χ3n) is 4.08. The monoisotopic (exact) mass is 319 g/mol. The predicted octanol–water partition coefficient (Wildman–Crippen LogP) is 0.465. The second-order valence-electron chi connectivity index (χ2n) is 6.35. The van der Waals surface area contributed by atoms with Crippen LogP contribution in [0, 0.1) is 6.92 Å². The van der Waals surface area contributed by atoms with Gasteiger partial charge in [0.15, 0.2) is 5.65 Å². The number of aromatic nitrogens is 3. The van der Waals surface area contributed by atoms with Crippen LogP contribution >= 0.6 is 0 Å². The molecule has 7 heteroatoms. The lowest BCUT2D eigenvalue weighted by Crippen LogP contribution is -2.40. The number of hydrogen-bond donors (Lipinski definition) is 1. The van der Waals surface area contributed by atoms with Crippen LogP contribution in [0.2, 0.25) is 0 Å². The number of aliphatic hydroxyl groups is 1. The smallest absolute Gasteiger partial charge is 0.155 e. The zero-order chi connectivity index (χ0) is 16.4. The van der Waals surface area contributed by atoms with Crippen LogP contribution in [0.3, 0.4) is 0 Å². The van der Waals surface area contributed by atoms with Gasteiger partial charge in [-0.25, -0.2) is 9.50 Å². The molecular weight excluding hydrogens is 294 g/mol. The van der Waals surface area contributed by atoms with Crippen molar-refractivity contribution in [2.24, 2.45) is 0 Å². The molecule has 1 N–H and O–H groups in total. The fraction of sp³-hybridized carbons (Fsp3) is 0.625. The van der Waals surface area contributed by atoms with E-state index in [0.29, 0.717) is 13.2 Å². The Morgan fingerprint density at radius 3 is 3.00 bits per heavy atom. The van der Waals surface area contributed by atoms with E-state index in [0.717, 1.165) is 42.2 Å². The molecule has 3 heterocycles. The maximum Gasteiger partial charge on any atom is 0.155 e. The molecule has 2 aromatic rings. The number of ether oxygens (including phenoxy) is 1. The molecule has 0 amide bonds. The van der Waals surface area contributed by atoms with E-state index in [-0.39, 0.29) is 12.7 Å². The summed E-state index contributed by atoms with van der Waals surface area (Å²) in [4.78, 5) is 8.88. The molecule has 1 aliphatic rings. The SMILES string of the molecule is Cc1cc2ncc(CN(C)C)c(C3CN(CCO)CCO3)n2n1. The third kappa shape index (κ3) is 3.53. The molecule has 0 spiro atoms. The molecule has 3 rings (SSSR count). The molecule has 23 heavy (non-hydrogen) atoms. The van der Waals surface area contributed by atoms with Crippen molar-refractivity contribution in [3.63, 3.8) is 0 Å². The Kier molecular flexibility index (Phi) is 4.91. The van der Waals surface area contributed by atoms with Crippen molar-refractivity contribution in [3.8, 4) is 0 Å². The highest BCUT2D eigenvalue weighted by Crippen LogP contribution is 2.26. The number of rotatable bonds is 5. The van der Waals surface area contributed by atoms with Gasteiger partial charge in [0.25, 0.3) is 0 Å². The normalized spacial score (nSPS) is 19.8. The second kappa shape index (κ2) is 6.92. The number of aliphatic hydroxyl groups excluding tert-OH is 1. The predicted molar refractivity (Wildman–Crippen MR) is 87.3 cm³/mol. The Hall–Kier alpha value is -1.54. The van der Waals surface area contributed by atoms with E-state index in [1.165, 1.54) is 0 Å². The molecule has 1 saturated heterocycles. The van der Waals surface area contributed by atoms with Crippen LogP contribution in [0.1, 0.15) is 23.1 Å². The average molecular weight is 319 g/mol. The Morgan fingerprint density at radius 1 is 1.43 bits per heavy atom. The van der Waals surface area contributed by atoms with Gasteiger partial charge in [-0.3, -0.25) is 4.90 Å². The summed E-state index contributed by atoms with van der Waals surface area (Å²) in [5.41, 5.74) is 3.99. The van der Waals surface area contributed by atoms with Crippen LogP contribution in [0.4, 0.5) is 0 Å². The van der Waals surface area contributed by atoms with Gasteiger partial charge in [0.05, 0.1) is 24.6 Å². The lowest BCUT2D eigenvalue weighted by molar-refractivity contribution is -0.0373. The maximum absolute atomic E-state index is 9.21. The average Bonchev–Trinajstić information content (AvgIpc) is 2.87. The first kappa shape index (κ1) is 16.3. The van der Waals surface area contributed by atoms with Crippen molar-refractivity contribution >= 4 is 5.65 Å². The van der Waals surface area contributed by atoms with E-state index in [1.54, 1.807) is 0 Å². The minimum Gasteiger partial charge on any atom is -0.395 e. The fourth-order valence-electron chi connectivity index (χ4n) is 3.12. The van der Waals surface area contributed by atoms with E-state index < -0.39 is 0 Å². The molecule has 0 aromatic carbocycles. The summed E-state index contributed by atoms with van der Waals surface area (Å²) in [7, 11) is 4.09. The first-order chi connectivity index (χ1) is 11.1. The summed E-state index contributed by atoms with van der Waals surface area (Å²) in [6, 6.07) is 1.98. The standard InChI is InChI=1S/C16H25N5O2/c1-12-8-15-17-9-13(10-19(2)3)16(21(15)18-12)14-11-20(4-6-22)5-7-23-14/h8-9,14,22H,4-7,10-11H2,1-3H3. The number of aryl methyl sites for hydroxylation is 1. The van der Waals surface area contributed by atoms with Crippen LogP contribution in [0.25, 0.3) is 5.65 Å². The fourth-order valence-corrected chi connectivity index (χ4v) is 3.12. The van der Waals surface area contributed by atoms with Gasteiger partial charge in [-0.15, -0.1) is 0 Å². The van der Waals surface area contributed by atoms with Crippen LogP contribution in [-0.4, -0.2) is 76.4 Å². The van der Waals surface area contributed by atoms with E-state index in [2.05, 4.69) is 19.9 Å². The van der Waals surface area contributed by atoms with Gasteiger partial charge in [0.1, 0.15) is 6.10 Å². The zero-order valence-electron chi connectivity index (χ0n) is 14.1. The van der Waals surface area contributed by atoms with Gasteiger partial charge in [-0.05, 0) is 21.0 Å². The van der Waals surface area contributed by atoms with Gasteiger partial charge >= 0.3 is 0 Å². The molecule has 0 saturated carbocycles. The zero-order valence-corrected chi connectivity index (χ0v) is 14.1. The number of hydrogen-bond acceptors (Lipinski definition) is 6. The first-order valence-corrected chi connectivity index (χ1v) is 8.02. The van der Waals surface area contributed by atoms with Crippen molar-refractivity contribution in [1.29, 1.82) is 0 Å². The molecule has 2 aromatic heterocycles. The lowest BCUT2D eigenvalue weighted by atomic mass is 10.1. The van der Waals surface area contributed by atoms with Crippen molar-refractivity contribution < 1.29 is 9.84 Å². The van der Waals surface area contributed by atoms with Gasteiger partial charge in [0, 0.05) is 44.0 Å². The molecule has 1 fully saturated rings. The Bertz CT molecular complexity index is 668. The Labute approximate surface area is 136 Å². The summed E-state index contributed by atoms with van der Waals surface area (Å²) in [5, 5.41) is 13.8. The summed E-state index contributed by atoms with van der Waals surface area (Å²) in [6.45, 7) is 5.89. The molecule has 1 aliphatic heterocycles. The molecule has 126 valence electrons. The van der Waals surface area contributed by atoms with Crippen LogP contribution in [-0.2, 0) is 11.3 Å². The van der Waals surface area contributed by atoms with Crippen LogP contribution < -0.4 is 0 Å². The van der Waals surface area contributed by atoms with Crippen LogP contribution in [0.15, 0.2) is 12.3 Å². The Balaban J connectivity index is 2.01. The second-order valence-corrected chi connectivity index (χ2v) is 6.35. The van der Waals surface area contributed by atoms with Crippen molar-refractivity contribution in [1.82, 2.24) is 24.4 Å². The number of morpholine rings is 1. The highest BCUT2D eigenvalue weighted by atomic mass is 16.5. The van der Waals surface area contributed by atoms with E-state index in [9.17, 15) is 5.11 Å². The number of fused-ring (bicyclic) bond motifs is 1. The van der Waals surface area contributed by atoms with Crippen molar-refractivity contribution in [2.45, 2.75) is 19.6 Å². The number of nitrogens with zero attached hydrogens (tertiary/aromatic N) is 5. The van der Waals surface area contributed by atoms with E-state index in [4.69, 9.17) is 4.74 Å². The minimum atomic E-state index is -0.0601. The minimum absolute atomic E-state index is 0.0601. The van der Waals surface area contributed by atoms with Crippen molar-refractivity contribution in [2.75, 3.05) is 46.9 Å². The van der Waals surface area contributed by atoms with E-state index in [1.807, 2.05) is 37.8 Å². The largest absolute Gasteiger partial charge is 0.395 e. The highest BCUT2D eigenvalue weighted by molar-refractivity contribution is 5.42. The van der Waals surface area contributed by atoms with Gasteiger partial charge in [-0.2, -0.15) is 5.10 Å². The molecule has 1 unspecified atom stereocenters.